The molecule has 1 N–H and O–H groups in total. The van der Waals surface area contributed by atoms with Gasteiger partial charge in [-0.15, -0.1) is 6.58 Å². The van der Waals surface area contributed by atoms with E-state index in [1.165, 1.54) is 6.92 Å². The van der Waals surface area contributed by atoms with Gasteiger partial charge in [0.1, 0.15) is 11.7 Å². The molecule has 5 heteroatoms. The summed E-state index contributed by atoms with van der Waals surface area (Å²) in [6.45, 7) is 10.6. The summed E-state index contributed by atoms with van der Waals surface area (Å²) in [6.07, 6.45) is 0.615. The van der Waals surface area contributed by atoms with E-state index in [1.807, 2.05) is 13.8 Å². The predicted molar refractivity (Wildman–Crippen MR) is 70.4 cm³/mol. The molecule has 0 aromatic heterocycles. The van der Waals surface area contributed by atoms with E-state index in [1.54, 1.807) is 13.0 Å². The molecule has 5 nitrogen and oxygen atoms in total. The first kappa shape index (κ1) is 16.1. The normalized spacial score (nSPS) is 38.8. The van der Waals surface area contributed by atoms with Crippen molar-refractivity contribution in [2.75, 3.05) is 6.61 Å². The third-order valence-electron chi connectivity index (χ3n) is 3.48. The van der Waals surface area contributed by atoms with Gasteiger partial charge in [0.15, 0.2) is 6.29 Å². The maximum atomic E-state index is 11.2. The van der Waals surface area contributed by atoms with E-state index in [9.17, 15) is 9.90 Å². The second-order valence-corrected chi connectivity index (χ2v) is 5.14. The molecule has 110 valence electrons. The molecular formula is C14H24O5. The molecule has 1 aliphatic rings. The molecule has 5 atom stereocenters. The molecule has 0 spiro atoms. The lowest BCUT2D eigenvalue weighted by atomic mass is 9.80. The Morgan fingerprint density at radius 2 is 2.21 bits per heavy atom. The number of rotatable bonds is 5. The maximum absolute atomic E-state index is 11.2. The SMILES string of the molecule is C=CCO[C@H]1O[C@H](CC)[C@@](C)(O)[C@H](OC(C)=O)[C@H]1C. The highest BCUT2D eigenvalue weighted by Crippen LogP contribution is 2.37. The van der Waals surface area contributed by atoms with Crippen LogP contribution in [-0.2, 0) is 19.0 Å². The van der Waals surface area contributed by atoms with Gasteiger partial charge in [-0.05, 0) is 13.3 Å². The summed E-state index contributed by atoms with van der Waals surface area (Å²) in [5.41, 5.74) is -1.23. The lowest BCUT2D eigenvalue weighted by Crippen LogP contribution is -2.62. The van der Waals surface area contributed by atoms with Crippen LogP contribution in [0.15, 0.2) is 12.7 Å². The van der Waals surface area contributed by atoms with Gasteiger partial charge in [-0.3, -0.25) is 4.79 Å². The monoisotopic (exact) mass is 272 g/mol. The second-order valence-electron chi connectivity index (χ2n) is 5.14. The minimum absolute atomic E-state index is 0.262. The van der Waals surface area contributed by atoms with Gasteiger partial charge in [0.2, 0.25) is 0 Å². The van der Waals surface area contributed by atoms with Gasteiger partial charge in [-0.2, -0.15) is 0 Å². The number of esters is 1. The molecule has 0 aliphatic carbocycles. The molecule has 0 unspecified atom stereocenters. The van der Waals surface area contributed by atoms with Crippen LogP contribution in [0.1, 0.15) is 34.1 Å². The van der Waals surface area contributed by atoms with E-state index in [-0.39, 0.29) is 5.92 Å². The summed E-state index contributed by atoms with van der Waals surface area (Å²) in [5, 5.41) is 10.6. The fourth-order valence-electron chi connectivity index (χ4n) is 2.55. The van der Waals surface area contributed by atoms with Gasteiger partial charge in [0, 0.05) is 12.8 Å². The van der Waals surface area contributed by atoms with Crippen molar-refractivity contribution < 1.29 is 24.1 Å². The maximum Gasteiger partial charge on any atom is 0.303 e. The molecule has 1 heterocycles. The average molecular weight is 272 g/mol. The summed E-state index contributed by atoms with van der Waals surface area (Å²) < 4.78 is 16.6. The fourth-order valence-corrected chi connectivity index (χ4v) is 2.55. The molecule has 1 saturated heterocycles. The predicted octanol–water partition coefficient (Wildman–Crippen LogP) is 1.64. The lowest BCUT2D eigenvalue weighted by Gasteiger charge is -2.48. The Balaban J connectivity index is 2.93. The van der Waals surface area contributed by atoms with E-state index in [0.29, 0.717) is 13.0 Å². The molecule has 1 fully saturated rings. The number of hydrogen-bond donors (Lipinski definition) is 1. The van der Waals surface area contributed by atoms with Crippen molar-refractivity contribution in [2.45, 2.75) is 58.2 Å². The molecule has 0 amide bonds. The summed E-state index contributed by atoms with van der Waals surface area (Å²) in [7, 11) is 0. The standard InChI is InChI=1S/C14H24O5/c1-6-8-17-13-9(3)12(18-10(4)15)14(5,16)11(7-2)19-13/h6,9,11-13,16H,1,7-8H2,2-5H3/t9-,11-,12-,13+,14-/m1/s1. The van der Waals surface area contributed by atoms with Crippen molar-refractivity contribution in [3.05, 3.63) is 12.7 Å². The largest absolute Gasteiger partial charge is 0.459 e. The van der Waals surface area contributed by atoms with Crippen LogP contribution < -0.4 is 0 Å². The first-order chi connectivity index (χ1) is 8.84. The van der Waals surface area contributed by atoms with Crippen LogP contribution in [0.25, 0.3) is 0 Å². The minimum Gasteiger partial charge on any atom is -0.459 e. The third-order valence-corrected chi connectivity index (χ3v) is 3.48. The Kier molecular flexibility index (Phi) is 5.52. The molecule has 0 radical (unpaired) electrons. The quantitative estimate of drug-likeness (QED) is 0.609. The van der Waals surface area contributed by atoms with Gasteiger partial charge in [-0.25, -0.2) is 0 Å². The third kappa shape index (κ3) is 3.55. The molecule has 1 aliphatic heterocycles. The molecule has 19 heavy (non-hydrogen) atoms. The Bertz CT molecular complexity index is 326. The molecular weight excluding hydrogens is 248 g/mol. The number of hydrogen-bond acceptors (Lipinski definition) is 5. The van der Waals surface area contributed by atoms with Gasteiger partial charge >= 0.3 is 5.97 Å². The van der Waals surface area contributed by atoms with Crippen molar-refractivity contribution >= 4 is 5.97 Å². The highest BCUT2D eigenvalue weighted by molar-refractivity contribution is 5.66. The molecule has 0 aromatic rings. The van der Waals surface area contributed by atoms with E-state index in [4.69, 9.17) is 14.2 Å². The zero-order valence-corrected chi connectivity index (χ0v) is 12.1. The number of carbonyl (C=O) groups is 1. The van der Waals surface area contributed by atoms with Gasteiger partial charge < -0.3 is 19.3 Å². The van der Waals surface area contributed by atoms with E-state index in [0.717, 1.165) is 0 Å². The van der Waals surface area contributed by atoms with E-state index in [2.05, 4.69) is 6.58 Å². The zero-order chi connectivity index (χ0) is 14.6. The van der Waals surface area contributed by atoms with Crippen LogP contribution in [-0.4, -0.2) is 41.8 Å². The summed E-state index contributed by atoms with van der Waals surface area (Å²) >= 11 is 0. The Morgan fingerprint density at radius 3 is 2.68 bits per heavy atom. The van der Waals surface area contributed by atoms with Crippen molar-refractivity contribution in [1.82, 2.24) is 0 Å². The topological polar surface area (TPSA) is 65.0 Å². The van der Waals surface area contributed by atoms with Crippen LogP contribution in [0.4, 0.5) is 0 Å². The second kappa shape index (κ2) is 6.50. The van der Waals surface area contributed by atoms with Gasteiger partial charge in [0.05, 0.1) is 12.7 Å². The summed E-state index contributed by atoms with van der Waals surface area (Å²) in [6, 6.07) is 0. The molecule has 1 rings (SSSR count). The summed E-state index contributed by atoms with van der Waals surface area (Å²) in [4.78, 5) is 11.2. The van der Waals surface area contributed by atoms with Crippen LogP contribution >= 0.6 is 0 Å². The number of aliphatic hydroxyl groups is 1. The number of ether oxygens (including phenoxy) is 3. The Hall–Kier alpha value is -0.910. The fraction of sp³-hybridized carbons (Fsp3) is 0.786. The highest BCUT2D eigenvalue weighted by Gasteiger charge is 2.52. The van der Waals surface area contributed by atoms with Crippen molar-refractivity contribution in [3.8, 4) is 0 Å². The summed E-state index contributed by atoms with van der Waals surface area (Å²) in [5.74, 6) is -0.682. The Labute approximate surface area is 114 Å². The molecule has 0 aromatic carbocycles. The smallest absolute Gasteiger partial charge is 0.303 e. The number of carbonyl (C=O) groups excluding carboxylic acids is 1. The average Bonchev–Trinajstić information content (AvgIpc) is 2.33. The molecule has 0 saturated carbocycles. The Morgan fingerprint density at radius 1 is 1.58 bits per heavy atom. The van der Waals surface area contributed by atoms with E-state index < -0.39 is 30.1 Å². The van der Waals surface area contributed by atoms with Gasteiger partial charge in [0.25, 0.3) is 0 Å². The lowest BCUT2D eigenvalue weighted by molar-refractivity contribution is -0.306. The first-order valence-electron chi connectivity index (χ1n) is 6.62. The minimum atomic E-state index is -1.23. The molecule has 0 bridgehead atoms. The highest BCUT2D eigenvalue weighted by atomic mass is 16.7. The van der Waals surface area contributed by atoms with E-state index >= 15 is 0 Å². The first-order valence-corrected chi connectivity index (χ1v) is 6.62. The van der Waals surface area contributed by atoms with Crippen molar-refractivity contribution in [1.29, 1.82) is 0 Å². The van der Waals surface area contributed by atoms with Crippen molar-refractivity contribution in [3.63, 3.8) is 0 Å². The van der Waals surface area contributed by atoms with Crippen LogP contribution in [0.3, 0.4) is 0 Å². The van der Waals surface area contributed by atoms with Crippen LogP contribution in [0.2, 0.25) is 0 Å². The zero-order valence-electron chi connectivity index (χ0n) is 12.1. The van der Waals surface area contributed by atoms with Crippen molar-refractivity contribution in [2.24, 2.45) is 5.92 Å². The van der Waals surface area contributed by atoms with Crippen LogP contribution in [0.5, 0.6) is 0 Å². The van der Waals surface area contributed by atoms with Crippen LogP contribution in [0, 0.1) is 5.92 Å². The van der Waals surface area contributed by atoms with Gasteiger partial charge in [-0.1, -0.05) is 19.9 Å².